The van der Waals surface area contributed by atoms with Gasteiger partial charge in [-0.05, 0) is 35.9 Å². The van der Waals surface area contributed by atoms with Crippen LogP contribution in [0.25, 0.3) is 0 Å². The predicted octanol–water partition coefficient (Wildman–Crippen LogP) is 1.07. The van der Waals surface area contributed by atoms with Crippen LogP contribution in [0.2, 0.25) is 0 Å². The lowest BCUT2D eigenvalue weighted by Crippen LogP contribution is -2.53. The highest BCUT2D eigenvalue weighted by Crippen LogP contribution is 2.26. The highest BCUT2D eigenvalue weighted by atomic mass is 32.2. The second kappa shape index (κ2) is 6.71. The molecule has 2 heterocycles. The number of benzene rings is 2. The quantitative estimate of drug-likeness (QED) is 0.780. The van der Waals surface area contributed by atoms with Crippen LogP contribution in [0.1, 0.15) is 15.9 Å². The molecule has 2 aromatic rings. The van der Waals surface area contributed by atoms with E-state index >= 15 is 0 Å². The summed E-state index contributed by atoms with van der Waals surface area (Å²) in [5.41, 5.74) is 2.42. The highest BCUT2D eigenvalue weighted by Gasteiger charge is 2.30. The van der Waals surface area contributed by atoms with Crippen LogP contribution in [0.15, 0.2) is 53.4 Å². The summed E-state index contributed by atoms with van der Waals surface area (Å²) in [6, 6.07) is 13.6. The molecule has 0 aliphatic carbocycles. The molecule has 0 radical (unpaired) electrons. The molecule has 1 fully saturated rings. The molecule has 0 saturated carbocycles. The summed E-state index contributed by atoms with van der Waals surface area (Å²) >= 11 is 0. The fraction of sp³-hybridized carbons (Fsp3) is 0.278. The van der Waals surface area contributed by atoms with Gasteiger partial charge in [-0.15, -0.1) is 0 Å². The number of hydrogen-bond acceptors (Lipinski definition) is 6. The molecule has 1 saturated heterocycles. The van der Waals surface area contributed by atoms with Crippen LogP contribution in [0.4, 0.5) is 5.69 Å². The summed E-state index contributed by atoms with van der Waals surface area (Å²) < 4.78 is 30.7. The standard InChI is InChI=1S/C18H19N3O4S/c22-18-16-7-6-14(10-13(16)11-20-18)21-9-8-19-12-17(21)25-26(23,24)15-4-2-1-3-5-15/h1-7,10,17,19H,8-9,11-12H2,(H,20,22). The Morgan fingerprint density at radius 1 is 1.12 bits per heavy atom. The Morgan fingerprint density at radius 2 is 1.92 bits per heavy atom. The third-order valence-corrected chi connectivity index (χ3v) is 5.90. The Balaban J connectivity index is 1.60. The number of nitrogens with zero attached hydrogens (tertiary/aromatic N) is 1. The molecule has 7 nitrogen and oxygen atoms in total. The first-order valence-electron chi connectivity index (χ1n) is 8.41. The van der Waals surface area contributed by atoms with Gasteiger partial charge < -0.3 is 15.5 Å². The van der Waals surface area contributed by atoms with Crippen molar-refractivity contribution in [2.75, 3.05) is 24.5 Å². The molecule has 1 unspecified atom stereocenters. The van der Waals surface area contributed by atoms with Crippen LogP contribution in [0.5, 0.6) is 0 Å². The summed E-state index contributed by atoms with van der Waals surface area (Å²) in [6.45, 7) is 2.21. The first kappa shape index (κ1) is 17.0. The summed E-state index contributed by atoms with van der Waals surface area (Å²) in [7, 11) is -3.87. The Hall–Kier alpha value is -2.42. The normalized spacial score (nSPS) is 19.9. The number of rotatable bonds is 4. The molecule has 0 bridgehead atoms. The van der Waals surface area contributed by atoms with Crippen molar-refractivity contribution in [1.29, 1.82) is 0 Å². The van der Waals surface area contributed by atoms with E-state index in [-0.39, 0.29) is 10.8 Å². The van der Waals surface area contributed by atoms with E-state index in [0.29, 0.717) is 25.2 Å². The van der Waals surface area contributed by atoms with E-state index in [4.69, 9.17) is 4.18 Å². The average molecular weight is 373 g/mol. The van der Waals surface area contributed by atoms with Crippen molar-refractivity contribution in [3.05, 3.63) is 59.7 Å². The molecule has 2 N–H and O–H groups in total. The van der Waals surface area contributed by atoms with E-state index in [1.165, 1.54) is 12.1 Å². The Bertz CT molecular complexity index is 931. The van der Waals surface area contributed by atoms with Gasteiger partial charge in [0.15, 0.2) is 6.23 Å². The second-order valence-electron chi connectivity index (χ2n) is 6.24. The number of amides is 1. The van der Waals surface area contributed by atoms with Gasteiger partial charge in [0.05, 0.1) is 4.90 Å². The van der Waals surface area contributed by atoms with Crippen LogP contribution < -0.4 is 15.5 Å². The van der Waals surface area contributed by atoms with Gasteiger partial charge in [0.2, 0.25) is 0 Å². The van der Waals surface area contributed by atoms with Gasteiger partial charge in [-0.3, -0.25) is 4.79 Å². The molecular weight excluding hydrogens is 354 g/mol. The first-order valence-corrected chi connectivity index (χ1v) is 9.82. The van der Waals surface area contributed by atoms with Crippen molar-refractivity contribution in [3.8, 4) is 0 Å². The number of piperazine rings is 1. The van der Waals surface area contributed by atoms with Gasteiger partial charge in [0, 0.05) is 37.4 Å². The highest BCUT2D eigenvalue weighted by molar-refractivity contribution is 7.86. The third kappa shape index (κ3) is 3.18. The molecular formula is C18H19N3O4S. The molecule has 26 heavy (non-hydrogen) atoms. The molecule has 0 aromatic heterocycles. The van der Waals surface area contributed by atoms with Crippen molar-refractivity contribution in [3.63, 3.8) is 0 Å². The van der Waals surface area contributed by atoms with Crippen molar-refractivity contribution >= 4 is 21.7 Å². The lowest BCUT2D eigenvalue weighted by molar-refractivity contribution is 0.0965. The van der Waals surface area contributed by atoms with Crippen molar-refractivity contribution in [1.82, 2.24) is 10.6 Å². The number of nitrogens with one attached hydrogen (secondary N) is 2. The summed E-state index contributed by atoms with van der Waals surface area (Å²) in [5, 5.41) is 5.96. The number of hydrogen-bond donors (Lipinski definition) is 2. The molecule has 136 valence electrons. The minimum atomic E-state index is -3.87. The van der Waals surface area contributed by atoms with Gasteiger partial charge >= 0.3 is 0 Å². The predicted molar refractivity (Wildman–Crippen MR) is 96.3 cm³/mol. The maximum absolute atomic E-state index is 12.6. The Labute approximate surface area is 152 Å². The fourth-order valence-electron chi connectivity index (χ4n) is 3.25. The van der Waals surface area contributed by atoms with Crippen molar-refractivity contribution in [2.24, 2.45) is 0 Å². The average Bonchev–Trinajstić information content (AvgIpc) is 3.03. The molecule has 1 amide bonds. The zero-order valence-electron chi connectivity index (χ0n) is 14.0. The first-order chi connectivity index (χ1) is 12.5. The second-order valence-corrected chi connectivity index (χ2v) is 7.81. The molecule has 8 heteroatoms. The van der Waals surface area contributed by atoms with Gasteiger partial charge in [0.1, 0.15) is 0 Å². The SMILES string of the molecule is O=C1NCc2cc(N3CCNCC3OS(=O)(=O)c3ccccc3)ccc21. The van der Waals surface area contributed by atoms with Gasteiger partial charge in [-0.2, -0.15) is 8.42 Å². The van der Waals surface area contributed by atoms with E-state index in [9.17, 15) is 13.2 Å². The zero-order valence-corrected chi connectivity index (χ0v) is 14.8. The minimum Gasteiger partial charge on any atom is -0.348 e. The smallest absolute Gasteiger partial charge is 0.299 e. The zero-order chi connectivity index (χ0) is 18.1. The minimum absolute atomic E-state index is 0.0775. The lowest BCUT2D eigenvalue weighted by Gasteiger charge is -2.37. The van der Waals surface area contributed by atoms with Crippen LogP contribution >= 0.6 is 0 Å². The van der Waals surface area contributed by atoms with Crippen molar-refractivity contribution in [2.45, 2.75) is 17.7 Å². The maximum Gasteiger partial charge on any atom is 0.299 e. The van der Waals surface area contributed by atoms with E-state index in [1.54, 1.807) is 24.3 Å². The summed E-state index contributed by atoms with van der Waals surface area (Å²) in [4.78, 5) is 13.8. The summed E-state index contributed by atoms with van der Waals surface area (Å²) in [5.74, 6) is -0.0775. The maximum atomic E-state index is 12.6. The van der Waals surface area contributed by atoms with Gasteiger partial charge in [0.25, 0.3) is 16.0 Å². The van der Waals surface area contributed by atoms with Crippen molar-refractivity contribution < 1.29 is 17.4 Å². The molecule has 2 aliphatic heterocycles. The van der Waals surface area contributed by atoms with Gasteiger partial charge in [-0.1, -0.05) is 18.2 Å². The van der Waals surface area contributed by atoms with Crippen LogP contribution in [-0.4, -0.2) is 40.2 Å². The lowest BCUT2D eigenvalue weighted by atomic mass is 10.1. The number of anilines is 1. The van der Waals surface area contributed by atoms with E-state index < -0.39 is 16.3 Å². The summed E-state index contributed by atoms with van der Waals surface area (Å²) in [6.07, 6.45) is -0.655. The molecule has 0 spiro atoms. The largest absolute Gasteiger partial charge is 0.348 e. The molecule has 2 aromatic carbocycles. The fourth-order valence-corrected chi connectivity index (χ4v) is 4.31. The van der Waals surface area contributed by atoms with Crippen LogP contribution in [0.3, 0.4) is 0 Å². The molecule has 4 rings (SSSR count). The third-order valence-electron chi connectivity index (χ3n) is 4.57. The van der Waals surface area contributed by atoms with E-state index in [1.807, 2.05) is 17.0 Å². The van der Waals surface area contributed by atoms with Crippen LogP contribution in [-0.2, 0) is 20.8 Å². The number of carbonyl (C=O) groups excluding carboxylic acids is 1. The molecule has 1 atom stereocenters. The van der Waals surface area contributed by atoms with Crippen LogP contribution in [0, 0.1) is 0 Å². The van der Waals surface area contributed by atoms with E-state index in [0.717, 1.165) is 17.8 Å². The monoisotopic (exact) mass is 373 g/mol. The molecule has 2 aliphatic rings. The Morgan fingerprint density at radius 3 is 2.73 bits per heavy atom. The number of carbonyl (C=O) groups is 1. The van der Waals surface area contributed by atoms with Gasteiger partial charge in [-0.25, -0.2) is 4.18 Å². The van der Waals surface area contributed by atoms with E-state index in [2.05, 4.69) is 10.6 Å². The number of fused-ring (bicyclic) bond motifs is 1. The topological polar surface area (TPSA) is 87.7 Å². The Kier molecular flexibility index (Phi) is 4.39.